The Balaban J connectivity index is 1.49. The fourth-order valence-corrected chi connectivity index (χ4v) is 9.54. The van der Waals surface area contributed by atoms with E-state index in [0.717, 1.165) is 37.0 Å². The van der Waals surface area contributed by atoms with Crippen LogP contribution in [0.4, 0.5) is 5.69 Å². The van der Waals surface area contributed by atoms with Gasteiger partial charge in [-0.3, -0.25) is 14.4 Å². The van der Waals surface area contributed by atoms with Crippen LogP contribution in [0.2, 0.25) is 0 Å². The molecule has 2 aromatic carbocycles. The van der Waals surface area contributed by atoms with E-state index in [1.54, 1.807) is 28.8 Å². The van der Waals surface area contributed by atoms with Crippen LogP contribution in [0, 0.1) is 17.8 Å². The summed E-state index contributed by atoms with van der Waals surface area (Å²) in [6.07, 6.45) is 3.65. The molecule has 3 unspecified atom stereocenters. The number of anilines is 1. The van der Waals surface area contributed by atoms with Crippen LogP contribution >= 0.6 is 11.8 Å². The van der Waals surface area contributed by atoms with Crippen molar-refractivity contribution in [3.05, 3.63) is 60.2 Å². The minimum absolute atomic E-state index is 0.0486. The highest BCUT2D eigenvalue weighted by molar-refractivity contribution is 8.02. The predicted molar refractivity (Wildman–Crippen MR) is 161 cm³/mol. The van der Waals surface area contributed by atoms with Crippen molar-refractivity contribution in [1.29, 1.82) is 0 Å². The number of hydrogen-bond donors (Lipinski definition) is 3. The molecule has 3 aliphatic heterocycles. The molecule has 41 heavy (non-hydrogen) atoms. The number of amides is 3. The fraction of sp³-hybridized carbons (Fsp3) is 0.531. The molecule has 9 heteroatoms. The highest BCUT2D eigenvalue weighted by Gasteiger charge is 2.76. The fourth-order valence-electron chi connectivity index (χ4n) is 7.13. The van der Waals surface area contributed by atoms with E-state index in [0.29, 0.717) is 18.8 Å². The Morgan fingerprint density at radius 1 is 1.10 bits per heavy atom. The van der Waals surface area contributed by atoms with E-state index >= 15 is 0 Å². The van der Waals surface area contributed by atoms with E-state index in [4.69, 9.17) is 4.74 Å². The van der Waals surface area contributed by atoms with Crippen molar-refractivity contribution in [2.75, 3.05) is 25.1 Å². The zero-order valence-corrected chi connectivity index (χ0v) is 24.9. The SMILES string of the molecule is CCCCCNC(=O)C1N([C@H](CO)c2ccccc2)C(=O)[C@@H]2[C@@H](C(=O)Nc3ccc(OCC)cc3)[C@H]3CC(C)C12S3. The molecule has 5 rings (SSSR count). The van der Waals surface area contributed by atoms with E-state index < -0.39 is 28.7 Å². The molecule has 3 saturated heterocycles. The Labute approximate surface area is 246 Å². The second kappa shape index (κ2) is 12.4. The van der Waals surface area contributed by atoms with E-state index in [1.807, 2.05) is 49.4 Å². The number of carbonyl (C=O) groups is 3. The number of nitrogens with one attached hydrogen (secondary N) is 2. The molecule has 8 nitrogen and oxygen atoms in total. The van der Waals surface area contributed by atoms with Crippen LogP contribution in [0.1, 0.15) is 58.1 Å². The molecule has 2 aromatic rings. The number of benzene rings is 2. The number of likely N-dealkylation sites (tertiary alicyclic amines) is 1. The van der Waals surface area contributed by atoms with Gasteiger partial charge in [0.1, 0.15) is 11.8 Å². The average molecular weight is 580 g/mol. The molecule has 2 bridgehead atoms. The highest BCUT2D eigenvalue weighted by Crippen LogP contribution is 2.69. The van der Waals surface area contributed by atoms with E-state index in [-0.39, 0.29) is 35.5 Å². The van der Waals surface area contributed by atoms with Crippen LogP contribution in [0.3, 0.4) is 0 Å². The van der Waals surface area contributed by atoms with Crippen LogP contribution in [0.5, 0.6) is 5.75 Å². The number of ether oxygens (including phenoxy) is 1. The summed E-state index contributed by atoms with van der Waals surface area (Å²) < 4.78 is 4.77. The summed E-state index contributed by atoms with van der Waals surface area (Å²) in [5.41, 5.74) is 1.41. The van der Waals surface area contributed by atoms with E-state index in [1.165, 1.54) is 0 Å². The lowest BCUT2D eigenvalue weighted by Crippen LogP contribution is -2.57. The summed E-state index contributed by atoms with van der Waals surface area (Å²) in [7, 11) is 0. The van der Waals surface area contributed by atoms with Gasteiger partial charge in [-0.05, 0) is 55.5 Å². The minimum Gasteiger partial charge on any atom is -0.494 e. The molecular weight excluding hydrogens is 538 g/mol. The third-order valence-electron chi connectivity index (χ3n) is 8.94. The van der Waals surface area contributed by atoms with Crippen molar-refractivity contribution in [3.63, 3.8) is 0 Å². The van der Waals surface area contributed by atoms with Gasteiger partial charge in [-0.1, -0.05) is 57.0 Å². The number of aliphatic hydroxyl groups excluding tert-OH is 1. The number of carbonyl (C=O) groups excluding carboxylic acids is 3. The Hall–Kier alpha value is -3.04. The maximum atomic E-state index is 14.5. The van der Waals surface area contributed by atoms with Gasteiger partial charge < -0.3 is 25.4 Å². The van der Waals surface area contributed by atoms with Crippen LogP contribution < -0.4 is 15.4 Å². The van der Waals surface area contributed by atoms with Gasteiger partial charge in [0.2, 0.25) is 17.7 Å². The largest absolute Gasteiger partial charge is 0.494 e. The maximum absolute atomic E-state index is 14.5. The predicted octanol–water partition coefficient (Wildman–Crippen LogP) is 4.40. The first kappa shape index (κ1) is 29.5. The zero-order chi connectivity index (χ0) is 29.1. The second-order valence-corrected chi connectivity index (χ2v) is 12.9. The Morgan fingerprint density at radius 2 is 1.83 bits per heavy atom. The summed E-state index contributed by atoms with van der Waals surface area (Å²) in [6.45, 7) is 6.90. The minimum atomic E-state index is -0.785. The molecule has 3 N–H and O–H groups in total. The number of hydrogen-bond acceptors (Lipinski definition) is 6. The topological polar surface area (TPSA) is 108 Å². The molecule has 1 spiro atoms. The zero-order valence-electron chi connectivity index (χ0n) is 24.0. The number of rotatable bonds is 12. The van der Waals surface area contributed by atoms with Gasteiger partial charge in [-0.2, -0.15) is 0 Å². The Morgan fingerprint density at radius 3 is 2.49 bits per heavy atom. The van der Waals surface area contributed by atoms with Crippen LogP contribution in [-0.2, 0) is 14.4 Å². The van der Waals surface area contributed by atoms with Crippen LogP contribution in [-0.4, -0.2) is 63.5 Å². The molecule has 0 aromatic heterocycles. The molecule has 3 fully saturated rings. The molecule has 3 amide bonds. The molecule has 220 valence electrons. The molecule has 3 aliphatic rings. The lowest BCUT2D eigenvalue weighted by atomic mass is 9.66. The third kappa shape index (κ3) is 5.23. The van der Waals surface area contributed by atoms with Gasteiger partial charge in [0, 0.05) is 17.5 Å². The van der Waals surface area contributed by atoms with Crippen molar-refractivity contribution in [2.45, 2.75) is 68.5 Å². The number of fused-ring (bicyclic) bond motifs is 1. The monoisotopic (exact) mass is 579 g/mol. The van der Waals surface area contributed by atoms with Gasteiger partial charge in [0.15, 0.2) is 0 Å². The summed E-state index contributed by atoms with van der Waals surface area (Å²) in [4.78, 5) is 44.0. The van der Waals surface area contributed by atoms with Crippen molar-refractivity contribution in [2.24, 2.45) is 17.8 Å². The van der Waals surface area contributed by atoms with Gasteiger partial charge in [0.25, 0.3) is 0 Å². The Kier molecular flexibility index (Phi) is 8.94. The normalized spacial score (nSPS) is 28.8. The lowest BCUT2D eigenvalue weighted by Gasteiger charge is -2.40. The van der Waals surface area contributed by atoms with Gasteiger partial charge in [-0.15, -0.1) is 11.8 Å². The van der Waals surface area contributed by atoms with Crippen molar-refractivity contribution < 1.29 is 24.2 Å². The van der Waals surface area contributed by atoms with E-state index in [2.05, 4.69) is 24.5 Å². The van der Waals surface area contributed by atoms with Crippen LogP contribution in [0.15, 0.2) is 54.6 Å². The first-order valence-electron chi connectivity index (χ1n) is 14.8. The first-order valence-corrected chi connectivity index (χ1v) is 15.7. The first-order chi connectivity index (χ1) is 19.9. The molecule has 0 aliphatic carbocycles. The standard InChI is InChI=1S/C32H41N3O5S/c1-4-6-10-17-33-30(38)28-32-20(3)18-25(41-32)26(29(37)34-22-13-15-23(16-14-22)40-5-2)27(32)31(39)35(28)24(19-36)21-11-8-7-9-12-21/h7-9,11-16,20,24-28,36H,4-6,10,17-19H2,1-3H3,(H,33,38)(H,34,37)/t20?,24-,25-,26+,27+,28?,32?/m1/s1. The summed E-state index contributed by atoms with van der Waals surface area (Å²) in [5, 5.41) is 16.7. The van der Waals surface area contributed by atoms with Crippen molar-refractivity contribution >= 4 is 35.2 Å². The summed E-state index contributed by atoms with van der Waals surface area (Å²) >= 11 is 1.64. The van der Waals surface area contributed by atoms with Gasteiger partial charge >= 0.3 is 0 Å². The molecule has 0 saturated carbocycles. The smallest absolute Gasteiger partial charge is 0.244 e. The average Bonchev–Trinajstić information content (AvgIpc) is 3.57. The number of unbranched alkanes of at least 4 members (excludes halogenated alkanes) is 2. The molecular formula is C32H41N3O5S. The summed E-state index contributed by atoms with van der Waals surface area (Å²) in [6, 6.07) is 15.1. The maximum Gasteiger partial charge on any atom is 0.244 e. The Bertz CT molecular complexity index is 1240. The second-order valence-electron chi connectivity index (χ2n) is 11.4. The molecule has 3 heterocycles. The summed E-state index contributed by atoms with van der Waals surface area (Å²) in [5.74, 6) is -1.10. The van der Waals surface area contributed by atoms with Crippen LogP contribution in [0.25, 0.3) is 0 Å². The number of aliphatic hydroxyl groups is 1. The molecule has 0 radical (unpaired) electrons. The quantitative estimate of drug-likeness (QED) is 0.322. The van der Waals surface area contributed by atoms with Crippen molar-refractivity contribution in [1.82, 2.24) is 10.2 Å². The third-order valence-corrected chi connectivity index (χ3v) is 11.0. The highest BCUT2D eigenvalue weighted by atomic mass is 32.2. The van der Waals surface area contributed by atoms with Crippen molar-refractivity contribution in [3.8, 4) is 5.75 Å². The molecule has 7 atom stereocenters. The van der Waals surface area contributed by atoms with E-state index in [9.17, 15) is 19.5 Å². The van der Waals surface area contributed by atoms with Gasteiger partial charge in [-0.25, -0.2) is 0 Å². The lowest BCUT2D eigenvalue weighted by molar-refractivity contribution is -0.142. The number of nitrogens with zero attached hydrogens (tertiary/aromatic N) is 1. The van der Waals surface area contributed by atoms with Gasteiger partial charge in [0.05, 0.1) is 35.8 Å². The number of thioether (sulfide) groups is 1.